The fourth-order valence-corrected chi connectivity index (χ4v) is 3.79. The van der Waals surface area contributed by atoms with Gasteiger partial charge in [0.15, 0.2) is 5.13 Å². The number of rotatable bonds is 5. The number of thiazole rings is 1. The van der Waals surface area contributed by atoms with E-state index in [4.69, 9.17) is 4.74 Å². The lowest BCUT2D eigenvalue weighted by atomic mass is 10.3. The van der Waals surface area contributed by atoms with Crippen molar-refractivity contribution in [1.29, 1.82) is 0 Å². The Morgan fingerprint density at radius 3 is 2.83 bits per heavy atom. The highest BCUT2D eigenvalue weighted by Gasteiger charge is 2.09. The van der Waals surface area contributed by atoms with Crippen molar-refractivity contribution < 1.29 is 9.53 Å². The third-order valence-electron chi connectivity index (χ3n) is 3.03. The lowest BCUT2D eigenvalue weighted by Gasteiger charge is -2.02. The summed E-state index contributed by atoms with van der Waals surface area (Å²) < 4.78 is 7.20. The standard InChI is InChI=1S/C16H13BrN2O2S2/c1-21-11-4-7-13-14(8-11)23-16(18-13)19-15(20)9-22-12-5-2-10(17)3-6-12/h2-8H,9H2,1H3,(H,18,19,20). The molecule has 0 saturated carbocycles. The van der Waals surface area contributed by atoms with Gasteiger partial charge < -0.3 is 10.1 Å². The number of carbonyl (C=O) groups is 1. The minimum atomic E-state index is -0.0658. The Bertz CT molecular complexity index is 834. The van der Waals surface area contributed by atoms with Crippen LogP contribution in [-0.4, -0.2) is 23.8 Å². The third-order valence-corrected chi connectivity index (χ3v) is 5.50. The van der Waals surface area contributed by atoms with Gasteiger partial charge in [-0.3, -0.25) is 4.79 Å². The minimum Gasteiger partial charge on any atom is -0.497 e. The monoisotopic (exact) mass is 408 g/mol. The fourth-order valence-electron chi connectivity index (χ4n) is 1.92. The molecule has 118 valence electrons. The normalized spacial score (nSPS) is 10.7. The van der Waals surface area contributed by atoms with Crippen LogP contribution in [0.5, 0.6) is 5.75 Å². The number of ether oxygens (including phenoxy) is 1. The van der Waals surface area contributed by atoms with Gasteiger partial charge in [0, 0.05) is 9.37 Å². The summed E-state index contributed by atoms with van der Waals surface area (Å²) in [6, 6.07) is 13.5. The first-order chi connectivity index (χ1) is 11.1. The van der Waals surface area contributed by atoms with Crippen molar-refractivity contribution in [3.63, 3.8) is 0 Å². The Hall–Kier alpha value is -1.57. The molecule has 2 aromatic carbocycles. The third kappa shape index (κ3) is 4.25. The number of nitrogens with one attached hydrogen (secondary N) is 1. The Morgan fingerprint density at radius 1 is 1.30 bits per heavy atom. The first kappa shape index (κ1) is 16.3. The van der Waals surface area contributed by atoms with E-state index in [9.17, 15) is 4.79 Å². The largest absolute Gasteiger partial charge is 0.497 e. The van der Waals surface area contributed by atoms with Gasteiger partial charge in [-0.25, -0.2) is 4.98 Å². The van der Waals surface area contributed by atoms with Crippen molar-refractivity contribution in [3.05, 3.63) is 46.9 Å². The van der Waals surface area contributed by atoms with Gasteiger partial charge in [-0.05, 0) is 42.5 Å². The summed E-state index contributed by atoms with van der Waals surface area (Å²) in [7, 11) is 1.63. The molecule has 0 aliphatic carbocycles. The highest BCUT2D eigenvalue weighted by Crippen LogP contribution is 2.29. The zero-order chi connectivity index (χ0) is 16.2. The predicted molar refractivity (Wildman–Crippen MR) is 99.7 cm³/mol. The van der Waals surface area contributed by atoms with Crippen LogP contribution in [0.15, 0.2) is 51.8 Å². The van der Waals surface area contributed by atoms with Gasteiger partial charge in [0.05, 0.1) is 23.1 Å². The second kappa shape index (κ2) is 7.33. The molecule has 0 bridgehead atoms. The van der Waals surface area contributed by atoms with Gasteiger partial charge in [0.1, 0.15) is 5.75 Å². The van der Waals surface area contributed by atoms with E-state index in [-0.39, 0.29) is 5.91 Å². The molecular weight excluding hydrogens is 396 g/mol. The number of methoxy groups -OCH3 is 1. The summed E-state index contributed by atoms with van der Waals surface area (Å²) >= 11 is 6.33. The maximum absolute atomic E-state index is 12.1. The van der Waals surface area contributed by atoms with Crippen LogP contribution in [0, 0.1) is 0 Å². The number of aromatic nitrogens is 1. The van der Waals surface area contributed by atoms with Crippen LogP contribution in [0.2, 0.25) is 0 Å². The van der Waals surface area contributed by atoms with E-state index in [1.165, 1.54) is 23.1 Å². The molecule has 1 heterocycles. The molecule has 0 unspecified atom stereocenters. The average molecular weight is 409 g/mol. The summed E-state index contributed by atoms with van der Waals surface area (Å²) in [5, 5.41) is 3.45. The Balaban J connectivity index is 1.62. The lowest BCUT2D eigenvalue weighted by molar-refractivity contribution is -0.113. The van der Waals surface area contributed by atoms with Crippen LogP contribution in [0.1, 0.15) is 0 Å². The van der Waals surface area contributed by atoms with E-state index in [1.807, 2.05) is 42.5 Å². The maximum Gasteiger partial charge on any atom is 0.236 e. The molecule has 3 rings (SSSR count). The zero-order valence-corrected chi connectivity index (χ0v) is 15.4. The van der Waals surface area contributed by atoms with Crippen LogP contribution in [-0.2, 0) is 4.79 Å². The number of nitrogens with zero attached hydrogens (tertiary/aromatic N) is 1. The number of fused-ring (bicyclic) bond motifs is 1. The van der Waals surface area contributed by atoms with Gasteiger partial charge in [-0.15, -0.1) is 11.8 Å². The molecule has 1 N–H and O–H groups in total. The molecule has 1 amide bonds. The van der Waals surface area contributed by atoms with Crippen molar-refractivity contribution >= 4 is 60.3 Å². The highest BCUT2D eigenvalue weighted by molar-refractivity contribution is 9.10. The Morgan fingerprint density at radius 2 is 2.09 bits per heavy atom. The van der Waals surface area contributed by atoms with Crippen LogP contribution in [0.3, 0.4) is 0 Å². The second-order valence-electron chi connectivity index (χ2n) is 4.64. The number of halogens is 1. The fraction of sp³-hybridized carbons (Fsp3) is 0.125. The first-order valence-corrected chi connectivity index (χ1v) is 9.36. The van der Waals surface area contributed by atoms with Crippen LogP contribution >= 0.6 is 39.0 Å². The predicted octanol–water partition coefficient (Wildman–Crippen LogP) is 4.80. The number of benzene rings is 2. The molecule has 0 aliphatic heterocycles. The summed E-state index contributed by atoms with van der Waals surface area (Å²) in [4.78, 5) is 17.5. The Labute approximate surface area is 150 Å². The molecule has 3 aromatic rings. The zero-order valence-electron chi connectivity index (χ0n) is 12.2. The van der Waals surface area contributed by atoms with Crippen molar-refractivity contribution in [1.82, 2.24) is 4.98 Å². The van der Waals surface area contributed by atoms with E-state index in [2.05, 4.69) is 26.2 Å². The lowest BCUT2D eigenvalue weighted by Crippen LogP contribution is -2.13. The van der Waals surface area contributed by atoms with E-state index >= 15 is 0 Å². The average Bonchev–Trinajstić information content (AvgIpc) is 2.95. The quantitative estimate of drug-likeness (QED) is 0.616. The van der Waals surface area contributed by atoms with Gasteiger partial charge in [-0.1, -0.05) is 27.3 Å². The molecule has 0 atom stereocenters. The number of hydrogen-bond acceptors (Lipinski definition) is 5. The summed E-state index contributed by atoms with van der Waals surface area (Å²) in [6.45, 7) is 0. The van der Waals surface area contributed by atoms with E-state index < -0.39 is 0 Å². The molecule has 7 heteroatoms. The molecule has 0 radical (unpaired) electrons. The second-order valence-corrected chi connectivity index (χ2v) is 7.64. The molecule has 0 saturated heterocycles. The van der Waals surface area contributed by atoms with Crippen LogP contribution in [0.25, 0.3) is 10.2 Å². The van der Waals surface area contributed by atoms with Crippen LogP contribution in [0.4, 0.5) is 5.13 Å². The van der Waals surface area contributed by atoms with Crippen molar-refractivity contribution in [2.75, 3.05) is 18.2 Å². The SMILES string of the molecule is COc1ccc2nc(NC(=O)CSc3ccc(Br)cc3)sc2c1. The summed E-state index contributed by atoms with van der Waals surface area (Å²) in [5.41, 5.74) is 0.853. The summed E-state index contributed by atoms with van der Waals surface area (Å²) in [6.07, 6.45) is 0. The van der Waals surface area contributed by atoms with Crippen molar-refractivity contribution in [3.8, 4) is 5.75 Å². The van der Waals surface area contributed by atoms with Gasteiger partial charge >= 0.3 is 0 Å². The number of thioether (sulfide) groups is 1. The number of amides is 1. The van der Waals surface area contributed by atoms with E-state index in [0.717, 1.165) is 25.3 Å². The highest BCUT2D eigenvalue weighted by atomic mass is 79.9. The van der Waals surface area contributed by atoms with Crippen molar-refractivity contribution in [2.45, 2.75) is 4.90 Å². The van der Waals surface area contributed by atoms with Gasteiger partial charge in [-0.2, -0.15) is 0 Å². The molecule has 0 spiro atoms. The molecular formula is C16H13BrN2O2S2. The molecule has 0 aliphatic rings. The minimum absolute atomic E-state index is 0.0658. The Kier molecular flexibility index (Phi) is 5.20. The molecule has 1 aromatic heterocycles. The first-order valence-electron chi connectivity index (χ1n) is 6.77. The van der Waals surface area contributed by atoms with Gasteiger partial charge in [0.2, 0.25) is 5.91 Å². The smallest absolute Gasteiger partial charge is 0.236 e. The number of anilines is 1. The number of carbonyl (C=O) groups excluding carboxylic acids is 1. The van der Waals surface area contributed by atoms with Gasteiger partial charge in [0.25, 0.3) is 0 Å². The van der Waals surface area contributed by atoms with Crippen molar-refractivity contribution in [2.24, 2.45) is 0 Å². The molecule has 23 heavy (non-hydrogen) atoms. The molecule has 4 nitrogen and oxygen atoms in total. The number of hydrogen-bond donors (Lipinski definition) is 1. The molecule has 0 fully saturated rings. The van der Waals surface area contributed by atoms with Crippen LogP contribution < -0.4 is 10.1 Å². The van der Waals surface area contributed by atoms with E-state index in [0.29, 0.717) is 10.9 Å². The van der Waals surface area contributed by atoms with E-state index in [1.54, 1.807) is 7.11 Å². The summed E-state index contributed by atoms with van der Waals surface area (Å²) in [5.74, 6) is 1.06. The topological polar surface area (TPSA) is 51.2 Å². The maximum atomic E-state index is 12.1.